The molecule has 0 unspecified atom stereocenters. The maximum absolute atomic E-state index is 12.6. The first-order valence-corrected chi connectivity index (χ1v) is 9.80. The largest absolute Gasteiger partial charge is 0.477 e. The lowest BCUT2D eigenvalue weighted by Gasteiger charge is -2.22. The first-order chi connectivity index (χ1) is 13.0. The van der Waals surface area contributed by atoms with Gasteiger partial charge in [0, 0.05) is 32.6 Å². The van der Waals surface area contributed by atoms with Crippen molar-refractivity contribution in [2.75, 3.05) is 26.2 Å². The quantitative estimate of drug-likeness (QED) is 0.857. The van der Waals surface area contributed by atoms with Gasteiger partial charge >= 0.3 is 5.97 Å². The number of thiophene rings is 1. The Labute approximate surface area is 162 Å². The summed E-state index contributed by atoms with van der Waals surface area (Å²) < 4.78 is 0. The van der Waals surface area contributed by atoms with Crippen LogP contribution in [0.4, 0.5) is 0 Å². The molecule has 2 aromatic rings. The molecular weight excluding hydrogens is 364 g/mol. The smallest absolute Gasteiger partial charge is 0.345 e. The van der Waals surface area contributed by atoms with Gasteiger partial charge in [0.05, 0.1) is 4.88 Å². The molecule has 0 aliphatic carbocycles. The fraction of sp³-hybridized carbons (Fsp3) is 0.350. The molecule has 1 N–H and O–H groups in total. The predicted octanol–water partition coefficient (Wildman–Crippen LogP) is 2.75. The third-order valence-electron chi connectivity index (χ3n) is 4.63. The number of carboxylic acid groups (broad SMARTS) is 1. The number of nitrogens with zero attached hydrogens (tertiary/aromatic N) is 2. The number of amides is 2. The molecule has 2 heterocycles. The topological polar surface area (TPSA) is 77.9 Å². The SMILES string of the molecule is O=C(O)c1ccc(C(=O)N2CCCN(C(=O)CCc3ccccc3)CC2)s1. The average Bonchev–Trinajstić information content (AvgIpc) is 3.05. The Kier molecular flexibility index (Phi) is 6.24. The van der Waals surface area contributed by atoms with Gasteiger partial charge in [0.15, 0.2) is 0 Å². The van der Waals surface area contributed by atoms with Crippen LogP contribution in [0, 0.1) is 0 Å². The van der Waals surface area contributed by atoms with E-state index in [9.17, 15) is 14.4 Å². The summed E-state index contributed by atoms with van der Waals surface area (Å²) in [6.45, 7) is 2.19. The fourth-order valence-corrected chi connectivity index (χ4v) is 3.96. The Balaban J connectivity index is 1.54. The molecule has 142 valence electrons. The van der Waals surface area contributed by atoms with Gasteiger partial charge in [-0.15, -0.1) is 11.3 Å². The third kappa shape index (κ3) is 4.95. The first-order valence-electron chi connectivity index (χ1n) is 8.98. The minimum atomic E-state index is -1.02. The Morgan fingerprint density at radius 1 is 0.889 bits per heavy atom. The number of carbonyl (C=O) groups is 3. The van der Waals surface area contributed by atoms with E-state index >= 15 is 0 Å². The van der Waals surface area contributed by atoms with Crippen molar-refractivity contribution in [3.8, 4) is 0 Å². The summed E-state index contributed by atoms with van der Waals surface area (Å²) in [5.74, 6) is -1.08. The molecule has 0 atom stereocenters. The van der Waals surface area contributed by atoms with E-state index in [1.165, 1.54) is 6.07 Å². The Morgan fingerprint density at radius 3 is 2.26 bits per heavy atom. The van der Waals surface area contributed by atoms with Crippen LogP contribution in [-0.2, 0) is 11.2 Å². The number of hydrogen-bond donors (Lipinski definition) is 1. The fourth-order valence-electron chi connectivity index (χ4n) is 3.15. The van der Waals surface area contributed by atoms with E-state index in [2.05, 4.69) is 0 Å². The highest BCUT2D eigenvalue weighted by atomic mass is 32.1. The summed E-state index contributed by atoms with van der Waals surface area (Å²) in [6, 6.07) is 12.9. The lowest BCUT2D eigenvalue weighted by Crippen LogP contribution is -2.37. The van der Waals surface area contributed by atoms with E-state index in [0.29, 0.717) is 43.9 Å². The number of aryl methyl sites for hydroxylation is 1. The number of aromatic carboxylic acids is 1. The van der Waals surface area contributed by atoms with Crippen LogP contribution in [0.5, 0.6) is 0 Å². The maximum Gasteiger partial charge on any atom is 0.345 e. The molecule has 7 heteroatoms. The van der Waals surface area contributed by atoms with Crippen LogP contribution in [0.3, 0.4) is 0 Å². The van der Waals surface area contributed by atoms with Crippen LogP contribution in [0.25, 0.3) is 0 Å². The van der Waals surface area contributed by atoms with E-state index in [4.69, 9.17) is 5.11 Å². The highest BCUT2D eigenvalue weighted by Gasteiger charge is 2.24. The van der Waals surface area contributed by atoms with Gasteiger partial charge in [-0.1, -0.05) is 30.3 Å². The summed E-state index contributed by atoms with van der Waals surface area (Å²) in [5.41, 5.74) is 1.14. The van der Waals surface area contributed by atoms with Gasteiger partial charge in [-0.3, -0.25) is 9.59 Å². The second-order valence-electron chi connectivity index (χ2n) is 6.48. The van der Waals surface area contributed by atoms with Crippen molar-refractivity contribution in [1.29, 1.82) is 0 Å². The molecule has 1 aromatic heterocycles. The number of carboxylic acids is 1. The molecule has 1 saturated heterocycles. The predicted molar refractivity (Wildman–Crippen MR) is 103 cm³/mol. The lowest BCUT2D eigenvalue weighted by atomic mass is 10.1. The van der Waals surface area contributed by atoms with Crippen molar-refractivity contribution < 1.29 is 19.5 Å². The van der Waals surface area contributed by atoms with Crippen LogP contribution in [0.1, 0.15) is 37.7 Å². The number of carbonyl (C=O) groups excluding carboxylic acids is 2. The van der Waals surface area contributed by atoms with Crippen LogP contribution in [0.15, 0.2) is 42.5 Å². The minimum Gasteiger partial charge on any atom is -0.477 e. The molecule has 6 nitrogen and oxygen atoms in total. The normalized spacial score (nSPS) is 14.7. The lowest BCUT2D eigenvalue weighted by molar-refractivity contribution is -0.131. The van der Waals surface area contributed by atoms with E-state index < -0.39 is 5.97 Å². The van der Waals surface area contributed by atoms with Gasteiger partial charge in [0.25, 0.3) is 5.91 Å². The second-order valence-corrected chi connectivity index (χ2v) is 7.56. The van der Waals surface area contributed by atoms with E-state index in [-0.39, 0.29) is 16.7 Å². The summed E-state index contributed by atoms with van der Waals surface area (Å²) in [7, 11) is 0. The zero-order chi connectivity index (χ0) is 19.2. The molecule has 3 rings (SSSR count). The molecule has 0 saturated carbocycles. The molecular formula is C20H22N2O4S. The molecule has 1 aliphatic heterocycles. The highest BCUT2D eigenvalue weighted by molar-refractivity contribution is 7.15. The highest BCUT2D eigenvalue weighted by Crippen LogP contribution is 2.19. The minimum absolute atomic E-state index is 0.109. The number of benzene rings is 1. The van der Waals surface area contributed by atoms with Crippen molar-refractivity contribution in [1.82, 2.24) is 9.80 Å². The first kappa shape index (κ1) is 19.1. The average molecular weight is 386 g/mol. The summed E-state index contributed by atoms with van der Waals surface area (Å²) in [4.78, 5) is 40.2. The molecule has 1 fully saturated rings. The van der Waals surface area contributed by atoms with E-state index in [1.54, 1.807) is 11.0 Å². The van der Waals surface area contributed by atoms with Gasteiger partial charge in [-0.2, -0.15) is 0 Å². The molecule has 0 bridgehead atoms. The molecule has 1 aromatic carbocycles. The van der Waals surface area contributed by atoms with Crippen LogP contribution < -0.4 is 0 Å². The zero-order valence-electron chi connectivity index (χ0n) is 15.0. The molecule has 2 amide bonds. The molecule has 0 radical (unpaired) electrons. The maximum atomic E-state index is 12.6. The summed E-state index contributed by atoms with van der Waals surface area (Å²) in [5, 5.41) is 9.01. The van der Waals surface area contributed by atoms with Crippen molar-refractivity contribution in [2.45, 2.75) is 19.3 Å². The monoisotopic (exact) mass is 386 g/mol. The van der Waals surface area contributed by atoms with Crippen molar-refractivity contribution in [3.63, 3.8) is 0 Å². The second kappa shape index (κ2) is 8.81. The molecule has 1 aliphatic rings. The zero-order valence-corrected chi connectivity index (χ0v) is 15.8. The van der Waals surface area contributed by atoms with Crippen molar-refractivity contribution >= 4 is 29.1 Å². The molecule has 27 heavy (non-hydrogen) atoms. The standard InChI is InChI=1S/C20H22N2O4S/c23-18(10-7-15-5-2-1-3-6-15)21-11-4-12-22(14-13-21)19(24)16-8-9-17(27-16)20(25)26/h1-3,5-6,8-9H,4,7,10-14H2,(H,25,26). The van der Waals surface area contributed by atoms with Crippen molar-refractivity contribution in [3.05, 3.63) is 57.8 Å². The number of rotatable bonds is 5. The summed E-state index contributed by atoms with van der Waals surface area (Å²) >= 11 is 0.991. The van der Waals surface area contributed by atoms with Gasteiger partial charge in [0.1, 0.15) is 4.88 Å². The summed E-state index contributed by atoms with van der Waals surface area (Å²) in [6.07, 6.45) is 1.90. The van der Waals surface area contributed by atoms with Gasteiger partial charge in [0.2, 0.25) is 5.91 Å². The number of hydrogen-bond acceptors (Lipinski definition) is 4. The van der Waals surface area contributed by atoms with E-state index in [0.717, 1.165) is 23.3 Å². The Hall–Kier alpha value is -2.67. The van der Waals surface area contributed by atoms with Gasteiger partial charge < -0.3 is 14.9 Å². The van der Waals surface area contributed by atoms with Crippen LogP contribution >= 0.6 is 11.3 Å². The molecule has 0 spiro atoms. The Morgan fingerprint density at radius 2 is 1.56 bits per heavy atom. The van der Waals surface area contributed by atoms with E-state index in [1.807, 2.05) is 35.2 Å². The van der Waals surface area contributed by atoms with Crippen molar-refractivity contribution in [2.24, 2.45) is 0 Å². The third-order valence-corrected chi connectivity index (χ3v) is 5.69. The van der Waals surface area contributed by atoms with Crippen LogP contribution in [0.2, 0.25) is 0 Å². The van der Waals surface area contributed by atoms with Crippen LogP contribution in [-0.4, -0.2) is 58.9 Å². The Bertz CT molecular complexity index is 818. The van der Waals surface area contributed by atoms with Gasteiger partial charge in [-0.25, -0.2) is 4.79 Å². The van der Waals surface area contributed by atoms with Gasteiger partial charge in [-0.05, 0) is 30.5 Å².